The van der Waals surface area contributed by atoms with Crippen molar-refractivity contribution >= 4 is 11.8 Å². The highest BCUT2D eigenvalue weighted by Crippen LogP contribution is 2.29. The molecule has 0 radical (unpaired) electrons. The summed E-state index contributed by atoms with van der Waals surface area (Å²) in [6.07, 6.45) is 1.33. The summed E-state index contributed by atoms with van der Waals surface area (Å²) in [6.45, 7) is 11.9. The summed E-state index contributed by atoms with van der Waals surface area (Å²) in [4.78, 5) is 28.3. The van der Waals surface area contributed by atoms with Crippen LogP contribution in [0, 0.1) is 5.92 Å². The van der Waals surface area contributed by atoms with E-state index < -0.39 is 6.04 Å². The van der Waals surface area contributed by atoms with Crippen molar-refractivity contribution in [3.63, 3.8) is 0 Å². The van der Waals surface area contributed by atoms with Gasteiger partial charge >= 0.3 is 0 Å². The number of rotatable bonds is 15. The molecule has 7 heteroatoms. The number of carbonyl (C=O) groups excluding carboxylic acids is 2. The Morgan fingerprint density at radius 1 is 0.944 bits per heavy atom. The molecule has 36 heavy (non-hydrogen) atoms. The lowest BCUT2D eigenvalue weighted by molar-refractivity contribution is -0.141. The van der Waals surface area contributed by atoms with Gasteiger partial charge in [0.2, 0.25) is 11.8 Å². The molecule has 198 valence electrons. The van der Waals surface area contributed by atoms with E-state index in [1.54, 1.807) is 12.0 Å². The molecule has 2 amide bonds. The van der Waals surface area contributed by atoms with Gasteiger partial charge < -0.3 is 24.4 Å². The zero-order valence-electron chi connectivity index (χ0n) is 22.6. The van der Waals surface area contributed by atoms with Crippen molar-refractivity contribution in [2.24, 2.45) is 5.92 Å². The minimum Gasteiger partial charge on any atom is -0.497 e. The van der Waals surface area contributed by atoms with Crippen LogP contribution in [0.25, 0.3) is 0 Å². The normalized spacial score (nSPS) is 11.6. The van der Waals surface area contributed by atoms with Crippen LogP contribution in [0.2, 0.25) is 0 Å². The van der Waals surface area contributed by atoms with E-state index >= 15 is 0 Å². The van der Waals surface area contributed by atoms with Gasteiger partial charge in [-0.15, -0.1) is 0 Å². The summed E-state index contributed by atoms with van der Waals surface area (Å²) in [5.74, 6) is 2.22. The summed E-state index contributed by atoms with van der Waals surface area (Å²) in [7, 11) is 1.61. The van der Waals surface area contributed by atoms with Crippen LogP contribution in [0.3, 0.4) is 0 Å². The van der Waals surface area contributed by atoms with Gasteiger partial charge in [0.15, 0.2) is 11.5 Å². The fraction of sp³-hybridized carbons (Fsp3) is 0.517. The van der Waals surface area contributed by atoms with E-state index in [9.17, 15) is 9.59 Å². The Bertz CT molecular complexity index is 976. The molecule has 1 N–H and O–H groups in total. The maximum atomic E-state index is 13.6. The van der Waals surface area contributed by atoms with Gasteiger partial charge in [-0.2, -0.15) is 0 Å². The SMILES string of the molecule is CCOc1ccc(CCC(=O)N(Cc2cccc(OC)c2)[C@H](CC)C(=O)NCC(C)C)cc1OCC. The molecule has 1 atom stereocenters. The number of benzene rings is 2. The quantitative estimate of drug-likeness (QED) is 0.374. The molecule has 7 nitrogen and oxygen atoms in total. The van der Waals surface area contributed by atoms with Crippen LogP contribution < -0.4 is 19.5 Å². The zero-order chi connectivity index (χ0) is 26.5. The number of aryl methyl sites for hydroxylation is 1. The van der Waals surface area contributed by atoms with Crippen molar-refractivity contribution in [2.45, 2.75) is 66.5 Å². The summed E-state index contributed by atoms with van der Waals surface area (Å²) >= 11 is 0. The lowest BCUT2D eigenvalue weighted by atomic mass is 10.1. The van der Waals surface area contributed by atoms with E-state index in [1.807, 2.05) is 77.1 Å². The molecule has 0 aliphatic heterocycles. The van der Waals surface area contributed by atoms with Crippen LogP contribution in [-0.4, -0.2) is 49.6 Å². The molecule has 0 aliphatic rings. The number of hydrogen-bond donors (Lipinski definition) is 1. The van der Waals surface area contributed by atoms with Crippen molar-refractivity contribution in [3.05, 3.63) is 53.6 Å². The Balaban J connectivity index is 2.24. The molecule has 0 bridgehead atoms. The van der Waals surface area contributed by atoms with Crippen molar-refractivity contribution in [1.82, 2.24) is 10.2 Å². The van der Waals surface area contributed by atoms with E-state index in [2.05, 4.69) is 5.32 Å². The van der Waals surface area contributed by atoms with Gasteiger partial charge in [0, 0.05) is 19.5 Å². The van der Waals surface area contributed by atoms with Gasteiger partial charge in [0.05, 0.1) is 20.3 Å². The minimum absolute atomic E-state index is 0.0730. The molecule has 0 unspecified atom stereocenters. The molecule has 0 saturated carbocycles. The minimum atomic E-state index is -0.554. The number of hydrogen-bond acceptors (Lipinski definition) is 5. The molecule has 0 heterocycles. The van der Waals surface area contributed by atoms with Crippen LogP contribution in [-0.2, 0) is 22.6 Å². The number of nitrogens with one attached hydrogen (secondary N) is 1. The fourth-order valence-electron chi connectivity index (χ4n) is 3.96. The van der Waals surface area contributed by atoms with Crippen molar-refractivity contribution in [3.8, 4) is 17.2 Å². The first-order valence-electron chi connectivity index (χ1n) is 12.9. The van der Waals surface area contributed by atoms with Gasteiger partial charge in [-0.3, -0.25) is 9.59 Å². The first kappa shape index (κ1) is 29.0. The van der Waals surface area contributed by atoms with E-state index in [0.717, 1.165) is 16.9 Å². The molecular formula is C29H42N2O5. The second kappa shape index (κ2) is 15.0. The zero-order valence-corrected chi connectivity index (χ0v) is 22.6. The maximum Gasteiger partial charge on any atom is 0.242 e. The van der Waals surface area contributed by atoms with Crippen molar-refractivity contribution < 1.29 is 23.8 Å². The lowest BCUT2D eigenvalue weighted by Gasteiger charge is -2.31. The van der Waals surface area contributed by atoms with Crippen molar-refractivity contribution in [2.75, 3.05) is 26.9 Å². The van der Waals surface area contributed by atoms with E-state index in [-0.39, 0.29) is 18.2 Å². The molecule has 2 rings (SSSR count). The predicted octanol–water partition coefficient (Wildman–Crippen LogP) is 5.00. The van der Waals surface area contributed by atoms with Gasteiger partial charge in [-0.25, -0.2) is 0 Å². The second-order valence-corrected chi connectivity index (χ2v) is 9.08. The topological polar surface area (TPSA) is 77.1 Å². The van der Waals surface area contributed by atoms with E-state index in [4.69, 9.17) is 14.2 Å². The average molecular weight is 499 g/mol. The molecule has 2 aromatic carbocycles. The van der Waals surface area contributed by atoms with Crippen LogP contribution in [0.5, 0.6) is 17.2 Å². The standard InChI is InChI=1S/C29H42N2O5/c1-7-25(29(33)30-19-21(4)5)31(20-23-11-10-12-24(17-23)34-6)28(32)16-14-22-13-15-26(35-8-2)27(18-22)36-9-3/h10-13,15,17-18,21,25H,7-9,14,16,19-20H2,1-6H3,(H,30,33)/t25-/m1/s1. The Morgan fingerprint density at radius 2 is 1.67 bits per heavy atom. The molecule has 0 fully saturated rings. The largest absolute Gasteiger partial charge is 0.497 e. The molecule has 2 aromatic rings. The third-order valence-electron chi connectivity index (χ3n) is 5.79. The highest BCUT2D eigenvalue weighted by molar-refractivity contribution is 5.87. The Morgan fingerprint density at radius 3 is 2.31 bits per heavy atom. The van der Waals surface area contributed by atoms with Crippen molar-refractivity contribution in [1.29, 1.82) is 0 Å². The first-order valence-corrected chi connectivity index (χ1v) is 12.9. The van der Waals surface area contributed by atoms with E-state index in [0.29, 0.717) is 56.6 Å². The Labute approximate surface area is 216 Å². The molecule has 0 aromatic heterocycles. The van der Waals surface area contributed by atoms with Crippen LogP contribution in [0.15, 0.2) is 42.5 Å². The van der Waals surface area contributed by atoms with Crippen LogP contribution in [0.1, 0.15) is 58.6 Å². The van der Waals surface area contributed by atoms with Gasteiger partial charge in [-0.1, -0.05) is 39.0 Å². The monoisotopic (exact) mass is 498 g/mol. The molecule has 0 spiro atoms. The van der Waals surface area contributed by atoms with Gasteiger partial charge in [-0.05, 0) is 68.0 Å². The van der Waals surface area contributed by atoms with Crippen LogP contribution >= 0.6 is 0 Å². The summed E-state index contributed by atoms with van der Waals surface area (Å²) in [5.41, 5.74) is 1.89. The van der Waals surface area contributed by atoms with Crippen LogP contribution in [0.4, 0.5) is 0 Å². The lowest BCUT2D eigenvalue weighted by Crippen LogP contribution is -2.49. The Hall–Kier alpha value is -3.22. The third kappa shape index (κ3) is 8.77. The number of methoxy groups -OCH3 is 1. The summed E-state index contributed by atoms with van der Waals surface area (Å²) < 4.78 is 16.7. The second-order valence-electron chi connectivity index (χ2n) is 9.08. The Kier molecular flexibility index (Phi) is 12.1. The fourth-order valence-corrected chi connectivity index (χ4v) is 3.96. The predicted molar refractivity (Wildman–Crippen MR) is 143 cm³/mol. The first-order chi connectivity index (χ1) is 17.3. The van der Waals surface area contributed by atoms with E-state index in [1.165, 1.54) is 0 Å². The van der Waals surface area contributed by atoms with Gasteiger partial charge in [0.25, 0.3) is 0 Å². The number of nitrogens with zero attached hydrogens (tertiary/aromatic N) is 1. The number of carbonyl (C=O) groups is 2. The highest BCUT2D eigenvalue weighted by Gasteiger charge is 2.28. The molecular weight excluding hydrogens is 456 g/mol. The smallest absolute Gasteiger partial charge is 0.242 e. The highest BCUT2D eigenvalue weighted by atomic mass is 16.5. The third-order valence-corrected chi connectivity index (χ3v) is 5.79. The summed E-state index contributed by atoms with van der Waals surface area (Å²) in [5, 5.41) is 3.00. The average Bonchev–Trinajstić information content (AvgIpc) is 2.87. The van der Waals surface area contributed by atoms with Gasteiger partial charge in [0.1, 0.15) is 11.8 Å². The number of ether oxygens (including phenoxy) is 3. The summed E-state index contributed by atoms with van der Waals surface area (Å²) in [6, 6.07) is 12.8. The molecule has 0 aliphatic carbocycles. The maximum absolute atomic E-state index is 13.6. The molecule has 0 saturated heterocycles. The number of amides is 2.